The molecule has 6 heteroatoms. The van der Waals surface area contributed by atoms with Crippen molar-refractivity contribution in [3.8, 4) is 17.1 Å². The Labute approximate surface area is 118 Å². The SMILES string of the molecule is Oc1ccc(-c2noc(Cc3c(F)cccc3F)n2)cc1. The third-order valence-corrected chi connectivity index (χ3v) is 2.98. The normalized spacial score (nSPS) is 10.8. The van der Waals surface area contributed by atoms with Crippen LogP contribution < -0.4 is 0 Å². The number of phenols is 1. The molecule has 0 radical (unpaired) electrons. The number of phenolic OH excluding ortho intramolecular Hbond substituents is 1. The van der Waals surface area contributed by atoms with Crippen molar-refractivity contribution < 1.29 is 18.4 Å². The van der Waals surface area contributed by atoms with Crippen LogP contribution in [0.2, 0.25) is 0 Å². The highest BCUT2D eigenvalue weighted by atomic mass is 19.1. The summed E-state index contributed by atoms with van der Waals surface area (Å²) < 4.78 is 32.1. The smallest absolute Gasteiger partial charge is 0.231 e. The first-order chi connectivity index (χ1) is 10.1. The fourth-order valence-corrected chi connectivity index (χ4v) is 1.91. The van der Waals surface area contributed by atoms with Crippen molar-refractivity contribution in [1.82, 2.24) is 10.1 Å². The molecular formula is C15H10F2N2O2. The van der Waals surface area contributed by atoms with Crippen LogP contribution in [0, 0.1) is 11.6 Å². The van der Waals surface area contributed by atoms with Crippen molar-refractivity contribution in [2.45, 2.75) is 6.42 Å². The Morgan fingerprint density at radius 3 is 2.33 bits per heavy atom. The van der Waals surface area contributed by atoms with Gasteiger partial charge in [-0.2, -0.15) is 4.98 Å². The Morgan fingerprint density at radius 2 is 1.67 bits per heavy atom. The average molecular weight is 288 g/mol. The van der Waals surface area contributed by atoms with Crippen LogP contribution in [-0.4, -0.2) is 15.2 Å². The summed E-state index contributed by atoms with van der Waals surface area (Å²) in [6, 6.07) is 9.86. The molecule has 4 nitrogen and oxygen atoms in total. The summed E-state index contributed by atoms with van der Waals surface area (Å²) in [5.41, 5.74) is 0.523. The summed E-state index contributed by atoms with van der Waals surface area (Å²) in [4.78, 5) is 4.09. The molecule has 3 rings (SSSR count). The van der Waals surface area contributed by atoms with E-state index in [1.165, 1.54) is 30.3 Å². The van der Waals surface area contributed by atoms with Crippen molar-refractivity contribution in [3.05, 3.63) is 65.6 Å². The first kappa shape index (κ1) is 13.2. The van der Waals surface area contributed by atoms with Gasteiger partial charge in [0.05, 0.1) is 6.42 Å². The molecule has 0 aliphatic heterocycles. The first-order valence-electron chi connectivity index (χ1n) is 6.18. The van der Waals surface area contributed by atoms with E-state index in [9.17, 15) is 13.9 Å². The topological polar surface area (TPSA) is 59.2 Å². The maximum atomic E-state index is 13.6. The van der Waals surface area contributed by atoms with Gasteiger partial charge in [-0.1, -0.05) is 11.2 Å². The molecular weight excluding hydrogens is 278 g/mol. The number of nitrogens with zero attached hydrogens (tertiary/aromatic N) is 2. The molecule has 0 atom stereocenters. The van der Waals surface area contributed by atoms with E-state index in [-0.39, 0.29) is 23.6 Å². The van der Waals surface area contributed by atoms with Crippen molar-refractivity contribution in [3.63, 3.8) is 0 Å². The second-order valence-electron chi connectivity index (χ2n) is 4.44. The quantitative estimate of drug-likeness (QED) is 0.803. The lowest BCUT2D eigenvalue weighted by Crippen LogP contribution is -1.97. The maximum absolute atomic E-state index is 13.6. The summed E-state index contributed by atoms with van der Waals surface area (Å²) in [6.45, 7) is 0. The summed E-state index contributed by atoms with van der Waals surface area (Å²) in [5, 5.41) is 13.0. The van der Waals surface area contributed by atoms with Crippen molar-refractivity contribution in [1.29, 1.82) is 0 Å². The average Bonchev–Trinajstić information content (AvgIpc) is 2.92. The van der Waals surface area contributed by atoms with Gasteiger partial charge in [0, 0.05) is 11.1 Å². The minimum atomic E-state index is -0.653. The van der Waals surface area contributed by atoms with Crippen LogP contribution in [0.5, 0.6) is 5.75 Å². The van der Waals surface area contributed by atoms with Gasteiger partial charge in [-0.25, -0.2) is 8.78 Å². The molecule has 0 aliphatic rings. The Bertz CT molecular complexity index is 749. The van der Waals surface area contributed by atoms with Gasteiger partial charge < -0.3 is 9.63 Å². The van der Waals surface area contributed by atoms with E-state index < -0.39 is 11.6 Å². The van der Waals surface area contributed by atoms with Gasteiger partial charge in [0.15, 0.2) is 0 Å². The number of rotatable bonds is 3. The lowest BCUT2D eigenvalue weighted by molar-refractivity contribution is 0.382. The van der Waals surface area contributed by atoms with Crippen molar-refractivity contribution >= 4 is 0 Å². The molecule has 2 aromatic carbocycles. The van der Waals surface area contributed by atoms with Crippen LogP contribution >= 0.6 is 0 Å². The molecule has 0 aliphatic carbocycles. The Morgan fingerprint density at radius 1 is 1.00 bits per heavy atom. The molecule has 1 N–H and O–H groups in total. The Balaban J connectivity index is 1.87. The lowest BCUT2D eigenvalue weighted by Gasteiger charge is -2.00. The Kier molecular flexibility index (Phi) is 3.35. The zero-order valence-electron chi connectivity index (χ0n) is 10.8. The fourth-order valence-electron chi connectivity index (χ4n) is 1.91. The molecule has 1 aromatic heterocycles. The zero-order chi connectivity index (χ0) is 14.8. The largest absolute Gasteiger partial charge is 0.508 e. The molecule has 0 unspecified atom stereocenters. The molecule has 0 spiro atoms. The van der Waals surface area contributed by atoms with Crippen molar-refractivity contribution in [2.24, 2.45) is 0 Å². The van der Waals surface area contributed by atoms with Gasteiger partial charge in [-0.3, -0.25) is 0 Å². The Hall–Kier alpha value is -2.76. The predicted molar refractivity (Wildman–Crippen MR) is 70.6 cm³/mol. The van der Waals surface area contributed by atoms with E-state index in [1.807, 2.05) is 0 Å². The van der Waals surface area contributed by atoms with Crippen LogP contribution in [0.4, 0.5) is 8.78 Å². The molecule has 1 heterocycles. The molecule has 0 saturated heterocycles. The molecule has 0 fully saturated rings. The fraction of sp³-hybridized carbons (Fsp3) is 0.0667. The first-order valence-corrected chi connectivity index (χ1v) is 6.18. The number of hydrogen-bond donors (Lipinski definition) is 1. The molecule has 0 saturated carbocycles. The monoisotopic (exact) mass is 288 g/mol. The van der Waals surface area contributed by atoms with E-state index in [1.54, 1.807) is 12.1 Å². The molecule has 106 valence electrons. The van der Waals surface area contributed by atoms with Crippen LogP contribution in [0.1, 0.15) is 11.5 Å². The number of benzene rings is 2. The highest BCUT2D eigenvalue weighted by Crippen LogP contribution is 2.21. The van der Waals surface area contributed by atoms with Crippen LogP contribution in [0.15, 0.2) is 47.0 Å². The third kappa shape index (κ3) is 2.74. The van der Waals surface area contributed by atoms with Gasteiger partial charge in [0.25, 0.3) is 0 Å². The predicted octanol–water partition coefficient (Wildman–Crippen LogP) is 3.31. The lowest BCUT2D eigenvalue weighted by atomic mass is 10.1. The second kappa shape index (κ2) is 5.32. The minimum Gasteiger partial charge on any atom is -0.508 e. The number of aromatic nitrogens is 2. The highest BCUT2D eigenvalue weighted by molar-refractivity contribution is 5.55. The standard InChI is InChI=1S/C15H10F2N2O2/c16-12-2-1-3-13(17)11(12)8-14-18-15(19-21-14)9-4-6-10(20)7-5-9/h1-7,20H,8H2. The van der Waals surface area contributed by atoms with Gasteiger partial charge in [-0.15, -0.1) is 0 Å². The van der Waals surface area contributed by atoms with E-state index in [0.29, 0.717) is 11.4 Å². The summed E-state index contributed by atoms with van der Waals surface area (Å²) >= 11 is 0. The summed E-state index contributed by atoms with van der Waals surface area (Å²) in [6.07, 6.45) is -0.121. The molecule has 0 bridgehead atoms. The van der Waals surface area contributed by atoms with E-state index in [0.717, 1.165) is 0 Å². The van der Waals surface area contributed by atoms with Crippen LogP contribution in [0.25, 0.3) is 11.4 Å². The van der Waals surface area contributed by atoms with Crippen molar-refractivity contribution in [2.75, 3.05) is 0 Å². The van der Waals surface area contributed by atoms with E-state index >= 15 is 0 Å². The summed E-state index contributed by atoms with van der Waals surface area (Å²) in [5.74, 6) is -0.779. The van der Waals surface area contributed by atoms with Gasteiger partial charge in [0.1, 0.15) is 17.4 Å². The minimum absolute atomic E-state index is 0.113. The van der Waals surface area contributed by atoms with Gasteiger partial charge >= 0.3 is 0 Å². The highest BCUT2D eigenvalue weighted by Gasteiger charge is 2.14. The van der Waals surface area contributed by atoms with E-state index in [4.69, 9.17) is 4.52 Å². The van der Waals surface area contributed by atoms with Gasteiger partial charge in [0.2, 0.25) is 11.7 Å². The van der Waals surface area contributed by atoms with Crippen LogP contribution in [0.3, 0.4) is 0 Å². The third-order valence-electron chi connectivity index (χ3n) is 2.98. The molecule has 3 aromatic rings. The number of halogens is 2. The second-order valence-corrected chi connectivity index (χ2v) is 4.44. The molecule has 0 amide bonds. The maximum Gasteiger partial charge on any atom is 0.231 e. The zero-order valence-corrected chi connectivity index (χ0v) is 10.8. The molecule has 21 heavy (non-hydrogen) atoms. The van der Waals surface area contributed by atoms with E-state index in [2.05, 4.69) is 10.1 Å². The number of aromatic hydroxyl groups is 1. The number of hydrogen-bond acceptors (Lipinski definition) is 4. The van der Waals surface area contributed by atoms with Gasteiger partial charge in [-0.05, 0) is 36.4 Å². The van der Waals surface area contributed by atoms with Crippen LogP contribution in [-0.2, 0) is 6.42 Å². The summed E-state index contributed by atoms with van der Waals surface area (Å²) in [7, 11) is 0.